The number of amides is 1. The summed E-state index contributed by atoms with van der Waals surface area (Å²) in [5.74, 6) is -0.433. The molecule has 0 unspecified atom stereocenters. The number of aromatic hydroxyl groups is 1. The van der Waals surface area contributed by atoms with Gasteiger partial charge in [-0.2, -0.15) is 0 Å². The van der Waals surface area contributed by atoms with Crippen molar-refractivity contribution in [3.63, 3.8) is 0 Å². The topological polar surface area (TPSA) is 75.2 Å². The molecular weight excluding hydrogens is 541 g/mol. The fourth-order valence-electron chi connectivity index (χ4n) is 5.52. The van der Waals surface area contributed by atoms with E-state index in [4.69, 9.17) is 4.99 Å². The number of likely N-dealkylation sites (N-methyl/N-ethyl adjacent to an activating group) is 1. The lowest BCUT2D eigenvalue weighted by atomic mass is 10.0. The summed E-state index contributed by atoms with van der Waals surface area (Å²) in [5, 5.41) is 11.5. The van der Waals surface area contributed by atoms with Crippen LogP contribution in [0.1, 0.15) is 16.7 Å². The first kappa shape index (κ1) is 28.3. The third-order valence-electron chi connectivity index (χ3n) is 7.95. The van der Waals surface area contributed by atoms with Gasteiger partial charge in [0.1, 0.15) is 5.82 Å². The van der Waals surface area contributed by atoms with Crippen molar-refractivity contribution in [1.82, 2.24) is 14.8 Å². The summed E-state index contributed by atoms with van der Waals surface area (Å²) < 4.78 is 13.9. The lowest BCUT2D eigenvalue weighted by molar-refractivity contribution is -0.119. The van der Waals surface area contributed by atoms with Crippen LogP contribution in [0.4, 0.5) is 15.8 Å². The maximum atomic E-state index is 13.9. The Kier molecular flexibility index (Phi) is 8.31. The molecule has 1 aliphatic heterocycles. The second-order valence-corrected chi connectivity index (χ2v) is 10.9. The van der Waals surface area contributed by atoms with Crippen molar-refractivity contribution in [3.05, 3.63) is 126 Å². The SMILES string of the molecule is CN(C(=O)CN1CCN(Cc2ccccc2)CC1)c1ccc(N=C(c2ccccc2)c2c(O)[nH]c3cc(F)ccc23)cc1. The lowest BCUT2D eigenvalue weighted by Gasteiger charge is -2.35. The molecule has 7 nitrogen and oxygen atoms in total. The van der Waals surface area contributed by atoms with Crippen LogP contribution < -0.4 is 4.90 Å². The van der Waals surface area contributed by atoms with E-state index in [9.17, 15) is 14.3 Å². The molecule has 4 aromatic carbocycles. The number of anilines is 1. The highest BCUT2D eigenvalue weighted by Crippen LogP contribution is 2.32. The van der Waals surface area contributed by atoms with Crippen LogP contribution in [0.25, 0.3) is 10.9 Å². The number of hydrogen-bond donors (Lipinski definition) is 2. The van der Waals surface area contributed by atoms with E-state index < -0.39 is 5.82 Å². The van der Waals surface area contributed by atoms with E-state index in [0.717, 1.165) is 44.0 Å². The molecule has 1 amide bonds. The highest BCUT2D eigenvalue weighted by Gasteiger charge is 2.22. The van der Waals surface area contributed by atoms with Crippen LogP contribution in [0.3, 0.4) is 0 Å². The summed E-state index contributed by atoms with van der Waals surface area (Å²) >= 11 is 0. The second kappa shape index (κ2) is 12.6. The van der Waals surface area contributed by atoms with E-state index in [1.165, 1.54) is 17.7 Å². The predicted octanol–water partition coefficient (Wildman–Crippen LogP) is 5.96. The zero-order valence-electron chi connectivity index (χ0n) is 24.1. The van der Waals surface area contributed by atoms with Gasteiger partial charge >= 0.3 is 0 Å². The Morgan fingerprint density at radius 3 is 2.23 bits per heavy atom. The Balaban J connectivity index is 1.15. The quantitative estimate of drug-likeness (QED) is 0.224. The summed E-state index contributed by atoms with van der Waals surface area (Å²) in [5.41, 5.74) is 5.10. The van der Waals surface area contributed by atoms with Crippen molar-refractivity contribution in [1.29, 1.82) is 0 Å². The van der Waals surface area contributed by atoms with E-state index in [1.54, 1.807) is 18.0 Å². The van der Waals surface area contributed by atoms with Crippen LogP contribution in [0, 0.1) is 5.82 Å². The Hall–Kier alpha value is -4.79. The predicted molar refractivity (Wildman–Crippen MR) is 170 cm³/mol. The van der Waals surface area contributed by atoms with Crippen LogP contribution in [0.5, 0.6) is 5.88 Å². The van der Waals surface area contributed by atoms with Crippen molar-refractivity contribution in [2.45, 2.75) is 6.54 Å². The Labute approximate surface area is 250 Å². The van der Waals surface area contributed by atoms with Gasteiger partial charge in [0.25, 0.3) is 0 Å². The molecule has 218 valence electrons. The number of benzene rings is 4. The molecule has 43 heavy (non-hydrogen) atoms. The van der Waals surface area contributed by atoms with E-state index in [-0.39, 0.29) is 11.8 Å². The van der Waals surface area contributed by atoms with Crippen LogP contribution in [-0.4, -0.2) is 71.3 Å². The average molecular weight is 576 g/mol. The maximum Gasteiger partial charge on any atom is 0.240 e. The average Bonchev–Trinajstić information content (AvgIpc) is 3.36. The first-order valence-electron chi connectivity index (χ1n) is 14.4. The molecule has 5 aromatic rings. The van der Waals surface area contributed by atoms with Gasteiger partial charge in [0.15, 0.2) is 5.88 Å². The lowest BCUT2D eigenvalue weighted by Crippen LogP contribution is -2.49. The van der Waals surface area contributed by atoms with Gasteiger partial charge in [-0.3, -0.25) is 14.6 Å². The summed E-state index contributed by atoms with van der Waals surface area (Å²) in [6, 6.07) is 31.9. The number of H-pyrrole nitrogens is 1. The molecule has 0 bridgehead atoms. The molecule has 0 spiro atoms. The second-order valence-electron chi connectivity index (χ2n) is 10.9. The summed E-state index contributed by atoms with van der Waals surface area (Å²) in [6.07, 6.45) is 0. The molecule has 1 aliphatic rings. The zero-order valence-corrected chi connectivity index (χ0v) is 24.1. The van der Waals surface area contributed by atoms with Gasteiger partial charge in [-0.05, 0) is 48.0 Å². The van der Waals surface area contributed by atoms with Gasteiger partial charge in [0, 0.05) is 56.4 Å². The molecule has 6 rings (SSSR count). The van der Waals surface area contributed by atoms with Crippen LogP contribution >= 0.6 is 0 Å². The molecule has 1 aromatic heterocycles. The number of carbonyl (C=O) groups excluding carboxylic acids is 1. The van der Waals surface area contributed by atoms with Crippen molar-refractivity contribution in [2.24, 2.45) is 4.99 Å². The molecule has 2 heterocycles. The van der Waals surface area contributed by atoms with Gasteiger partial charge < -0.3 is 15.0 Å². The third kappa shape index (κ3) is 6.51. The standard InChI is InChI=1S/C35H34FN5O2/c1-39(32(42)24-41-20-18-40(19-21-41)23-25-8-4-2-5-9-25)29-15-13-28(14-16-29)37-34(26-10-6-3-7-11-26)33-30-17-12-27(36)22-31(30)38-35(33)43/h2-17,22,38,43H,18-21,23-24H2,1H3. The van der Waals surface area contributed by atoms with Crippen LogP contribution in [-0.2, 0) is 11.3 Å². The van der Waals surface area contributed by atoms with Gasteiger partial charge in [-0.25, -0.2) is 9.38 Å². The summed E-state index contributed by atoms with van der Waals surface area (Å²) in [7, 11) is 1.80. The number of aromatic nitrogens is 1. The number of halogens is 1. The fourth-order valence-corrected chi connectivity index (χ4v) is 5.52. The van der Waals surface area contributed by atoms with Gasteiger partial charge in [-0.1, -0.05) is 60.7 Å². The number of fused-ring (bicyclic) bond motifs is 1. The van der Waals surface area contributed by atoms with Crippen molar-refractivity contribution in [3.8, 4) is 5.88 Å². The number of piperazine rings is 1. The van der Waals surface area contributed by atoms with Gasteiger partial charge in [0.05, 0.1) is 29.0 Å². The number of carbonyl (C=O) groups is 1. The molecule has 0 saturated carbocycles. The Morgan fingerprint density at radius 1 is 0.884 bits per heavy atom. The Bertz CT molecular complexity index is 1730. The molecule has 2 N–H and O–H groups in total. The largest absolute Gasteiger partial charge is 0.494 e. The number of nitrogens with one attached hydrogen (secondary N) is 1. The molecule has 8 heteroatoms. The van der Waals surface area contributed by atoms with E-state index in [2.05, 4.69) is 39.0 Å². The minimum atomic E-state index is -0.391. The van der Waals surface area contributed by atoms with Crippen LogP contribution in [0.15, 0.2) is 108 Å². The number of rotatable bonds is 8. The minimum absolute atomic E-state index is 0.0358. The maximum absolute atomic E-state index is 13.9. The molecule has 0 atom stereocenters. The van der Waals surface area contributed by atoms with Crippen LogP contribution in [0.2, 0.25) is 0 Å². The molecule has 1 saturated heterocycles. The fraction of sp³-hybridized carbons (Fsp3) is 0.200. The van der Waals surface area contributed by atoms with Gasteiger partial charge in [0.2, 0.25) is 5.91 Å². The van der Waals surface area contributed by atoms with E-state index >= 15 is 0 Å². The molecule has 0 aliphatic carbocycles. The molecule has 0 radical (unpaired) electrons. The highest BCUT2D eigenvalue weighted by molar-refractivity contribution is 6.21. The van der Waals surface area contributed by atoms with Crippen molar-refractivity contribution in [2.75, 3.05) is 44.7 Å². The number of nitrogens with zero attached hydrogens (tertiary/aromatic N) is 4. The number of aromatic amines is 1. The first-order valence-corrected chi connectivity index (χ1v) is 14.4. The smallest absolute Gasteiger partial charge is 0.240 e. The normalized spacial score (nSPS) is 14.7. The highest BCUT2D eigenvalue weighted by atomic mass is 19.1. The zero-order chi connectivity index (χ0) is 29.8. The molecule has 1 fully saturated rings. The van der Waals surface area contributed by atoms with E-state index in [1.807, 2.05) is 60.7 Å². The monoisotopic (exact) mass is 575 g/mol. The molecular formula is C35H34FN5O2. The van der Waals surface area contributed by atoms with Gasteiger partial charge in [-0.15, -0.1) is 0 Å². The van der Waals surface area contributed by atoms with Crippen molar-refractivity contribution >= 4 is 33.9 Å². The van der Waals surface area contributed by atoms with Crippen molar-refractivity contribution < 1.29 is 14.3 Å². The van der Waals surface area contributed by atoms with E-state index in [0.29, 0.717) is 34.4 Å². The Morgan fingerprint density at radius 2 is 1.53 bits per heavy atom. The number of aliphatic imine (C=N–C) groups is 1. The summed E-state index contributed by atoms with van der Waals surface area (Å²) in [6.45, 7) is 4.88. The third-order valence-corrected chi connectivity index (χ3v) is 7.95. The first-order chi connectivity index (χ1) is 20.9. The summed E-state index contributed by atoms with van der Waals surface area (Å²) in [4.78, 5) is 27.3. The number of hydrogen-bond acceptors (Lipinski definition) is 5. The minimum Gasteiger partial charge on any atom is -0.494 e.